The first kappa shape index (κ1) is 17.9. The quantitative estimate of drug-likeness (QED) is 0.503. The summed E-state index contributed by atoms with van der Waals surface area (Å²) in [6, 6.07) is 0. The molecule has 0 aliphatic heterocycles. The highest BCUT2D eigenvalue weighted by Crippen LogP contribution is 2.20. The van der Waals surface area contributed by atoms with E-state index in [-0.39, 0.29) is 5.60 Å². The van der Waals surface area contributed by atoms with Crippen LogP contribution in [-0.2, 0) is 9.53 Å². The van der Waals surface area contributed by atoms with Crippen LogP contribution in [0, 0.1) is 5.92 Å². The number of carboxylic acids is 1. The molecule has 0 spiro atoms. The topological polar surface area (TPSA) is 46.5 Å². The molecule has 1 N–H and O–H groups in total. The van der Waals surface area contributed by atoms with Crippen molar-refractivity contribution in [2.24, 2.45) is 5.92 Å². The SMILES string of the molecule is COC(C)(C)CCC[C@H](C)CC=CC(C)=CC(=O)O. The zero-order valence-electron chi connectivity index (χ0n) is 12.9. The summed E-state index contributed by atoms with van der Waals surface area (Å²) >= 11 is 0. The van der Waals surface area contributed by atoms with Crippen LogP contribution in [0.1, 0.15) is 53.4 Å². The summed E-state index contributed by atoms with van der Waals surface area (Å²) < 4.78 is 5.39. The van der Waals surface area contributed by atoms with Crippen LogP contribution < -0.4 is 0 Å². The lowest BCUT2D eigenvalue weighted by molar-refractivity contribution is -0.131. The molecule has 0 aromatic rings. The minimum Gasteiger partial charge on any atom is -0.478 e. The van der Waals surface area contributed by atoms with E-state index in [1.165, 1.54) is 12.5 Å². The van der Waals surface area contributed by atoms with Gasteiger partial charge in [0.15, 0.2) is 0 Å². The molecule has 0 amide bonds. The summed E-state index contributed by atoms with van der Waals surface area (Å²) in [4.78, 5) is 10.4. The van der Waals surface area contributed by atoms with Gasteiger partial charge in [0, 0.05) is 13.2 Å². The monoisotopic (exact) mass is 268 g/mol. The summed E-state index contributed by atoms with van der Waals surface area (Å²) in [7, 11) is 1.75. The van der Waals surface area contributed by atoms with Gasteiger partial charge < -0.3 is 9.84 Å². The first-order valence-electron chi connectivity index (χ1n) is 6.90. The van der Waals surface area contributed by atoms with Crippen molar-refractivity contribution in [3.05, 3.63) is 23.8 Å². The van der Waals surface area contributed by atoms with Gasteiger partial charge in [-0.15, -0.1) is 0 Å². The molecule has 0 saturated heterocycles. The highest BCUT2D eigenvalue weighted by atomic mass is 16.5. The van der Waals surface area contributed by atoms with Gasteiger partial charge in [0.25, 0.3) is 0 Å². The van der Waals surface area contributed by atoms with E-state index in [1.807, 2.05) is 6.08 Å². The molecule has 3 nitrogen and oxygen atoms in total. The lowest BCUT2D eigenvalue weighted by Gasteiger charge is -2.23. The highest BCUT2D eigenvalue weighted by Gasteiger charge is 2.15. The average molecular weight is 268 g/mol. The van der Waals surface area contributed by atoms with Crippen molar-refractivity contribution in [3.63, 3.8) is 0 Å². The van der Waals surface area contributed by atoms with Crippen LogP contribution in [0.3, 0.4) is 0 Å². The highest BCUT2D eigenvalue weighted by molar-refractivity contribution is 5.81. The fourth-order valence-corrected chi connectivity index (χ4v) is 1.83. The number of aliphatic carboxylic acids is 1. The third kappa shape index (κ3) is 10.5. The number of methoxy groups -OCH3 is 1. The maximum atomic E-state index is 10.4. The van der Waals surface area contributed by atoms with Gasteiger partial charge in [-0.25, -0.2) is 4.79 Å². The predicted octanol–water partition coefficient (Wildman–Crippen LogP) is 4.20. The second-order valence-corrected chi connectivity index (χ2v) is 5.83. The third-order valence-electron chi connectivity index (χ3n) is 3.30. The minimum atomic E-state index is -0.892. The molecule has 19 heavy (non-hydrogen) atoms. The number of hydrogen-bond donors (Lipinski definition) is 1. The number of carbonyl (C=O) groups is 1. The van der Waals surface area contributed by atoms with Gasteiger partial charge in [-0.3, -0.25) is 0 Å². The van der Waals surface area contributed by atoms with E-state index in [2.05, 4.69) is 26.8 Å². The van der Waals surface area contributed by atoms with Crippen LogP contribution in [0.5, 0.6) is 0 Å². The summed E-state index contributed by atoms with van der Waals surface area (Å²) in [5, 5.41) is 8.59. The van der Waals surface area contributed by atoms with E-state index in [9.17, 15) is 4.79 Å². The second-order valence-electron chi connectivity index (χ2n) is 5.83. The Labute approximate surface area is 117 Å². The molecular formula is C16H28O3. The van der Waals surface area contributed by atoms with E-state index in [0.717, 1.165) is 24.8 Å². The fourth-order valence-electron chi connectivity index (χ4n) is 1.83. The number of ether oxygens (including phenoxy) is 1. The molecule has 0 aliphatic carbocycles. The van der Waals surface area contributed by atoms with Crippen LogP contribution in [0.15, 0.2) is 23.8 Å². The molecule has 0 fully saturated rings. The van der Waals surface area contributed by atoms with Crippen molar-refractivity contribution in [2.45, 2.75) is 59.0 Å². The molecule has 0 aromatic carbocycles. The van der Waals surface area contributed by atoms with Crippen molar-refractivity contribution in [2.75, 3.05) is 7.11 Å². The normalized spacial score (nSPS) is 14.9. The molecule has 1 atom stereocenters. The first-order chi connectivity index (χ1) is 8.76. The molecule has 3 heteroatoms. The maximum absolute atomic E-state index is 10.4. The van der Waals surface area contributed by atoms with Gasteiger partial charge in [0.1, 0.15) is 0 Å². The van der Waals surface area contributed by atoms with Crippen LogP contribution in [-0.4, -0.2) is 23.8 Å². The van der Waals surface area contributed by atoms with E-state index in [1.54, 1.807) is 14.0 Å². The summed E-state index contributed by atoms with van der Waals surface area (Å²) in [5.41, 5.74) is 0.747. The largest absolute Gasteiger partial charge is 0.478 e. The Hall–Kier alpha value is -1.09. The zero-order chi connectivity index (χ0) is 14.9. The molecular weight excluding hydrogens is 240 g/mol. The lowest BCUT2D eigenvalue weighted by atomic mass is 9.95. The molecule has 0 saturated carbocycles. The predicted molar refractivity (Wildman–Crippen MR) is 79.3 cm³/mol. The fraction of sp³-hybridized carbons (Fsp3) is 0.688. The smallest absolute Gasteiger partial charge is 0.328 e. The summed E-state index contributed by atoms with van der Waals surface area (Å²) in [6.07, 6.45) is 9.53. The van der Waals surface area contributed by atoms with Crippen LogP contribution in [0.25, 0.3) is 0 Å². The molecule has 0 unspecified atom stereocenters. The molecule has 110 valence electrons. The Morgan fingerprint density at radius 2 is 2.05 bits per heavy atom. The molecule has 0 heterocycles. The van der Waals surface area contributed by atoms with Gasteiger partial charge in [-0.05, 0) is 45.1 Å². The Balaban J connectivity index is 3.91. The van der Waals surface area contributed by atoms with Gasteiger partial charge in [0.05, 0.1) is 5.60 Å². The maximum Gasteiger partial charge on any atom is 0.328 e. The average Bonchev–Trinajstić information content (AvgIpc) is 2.27. The number of carboxylic acid groups (broad SMARTS) is 1. The van der Waals surface area contributed by atoms with Crippen molar-refractivity contribution in [1.29, 1.82) is 0 Å². The van der Waals surface area contributed by atoms with E-state index < -0.39 is 5.97 Å². The third-order valence-corrected chi connectivity index (χ3v) is 3.30. The van der Waals surface area contributed by atoms with Crippen LogP contribution in [0.2, 0.25) is 0 Å². The standard InChI is InChI=1S/C16H28O3/c1-13(10-7-11-16(3,4)19-5)8-6-9-14(2)12-15(17)18/h6,9,12-13H,7-8,10-11H2,1-5H3,(H,17,18)/t13-/m1/s1. The Morgan fingerprint density at radius 1 is 1.42 bits per heavy atom. The lowest BCUT2D eigenvalue weighted by Crippen LogP contribution is -2.22. The van der Waals surface area contributed by atoms with Crippen molar-refractivity contribution < 1.29 is 14.6 Å². The molecule has 0 aromatic heterocycles. The molecule has 0 bridgehead atoms. The summed E-state index contributed by atoms with van der Waals surface area (Å²) in [5.74, 6) is -0.279. The van der Waals surface area contributed by atoms with Crippen molar-refractivity contribution >= 4 is 5.97 Å². The van der Waals surface area contributed by atoms with Crippen molar-refractivity contribution in [3.8, 4) is 0 Å². The first-order valence-corrected chi connectivity index (χ1v) is 6.90. The number of rotatable bonds is 9. The Kier molecular flexibility index (Phi) is 8.41. The van der Waals surface area contributed by atoms with Gasteiger partial charge in [-0.1, -0.05) is 31.9 Å². The number of allylic oxidation sites excluding steroid dienone is 3. The Morgan fingerprint density at radius 3 is 2.58 bits per heavy atom. The number of hydrogen-bond acceptors (Lipinski definition) is 2. The molecule has 0 aliphatic rings. The van der Waals surface area contributed by atoms with Crippen molar-refractivity contribution in [1.82, 2.24) is 0 Å². The Bertz CT molecular complexity index is 327. The van der Waals surface area contributed by atoms with Crippen LogP contribution in [0.4, 0.5) is 0 Å². The van der Waals surface area contributed by atoms with Gasteiger partial charge >= 0.3 is 5.97 Å². The van der Waals surface area contributed by atoms with Gasteiger partial charge in [-0.2, -0.15) is 0 Å². The molecule has 0 radical (unpaired) electrons. The minimum absolute atomic E-state index is 0.0314. The van der Waals surface area contributed by atoms with Gasteiger partial charge in [0.2, 0.25) is 0 Å². The second kappa shape index (κ2) is 8.92. The van der Waals surface area contributed by atoms with E-state index >= 15 is 0 Å². The van der Waals surface area contributed by atoms with E-state index in [4.69, 9.17) is 9.84 Å². The summed E-state index contributed by atoms with van der Waals surface area (Å²) in [6.45, 7) is 8.24. The van der Waals surface area contributed by atoms with E-state index in [0.29, 0.717) is 5.92 Å². The van der Waals surface area contributed by atoms with Crippen LogP contribution >= 0.6 is 0 Å². The zero-order valence-corrected chi connectivity index (χ0v) is 12.9. The molecule has 0 rings (SSSR count).